The first-order chi connectivity index (χ1) is 13.0. The largest absolute Gasteiger partial charge is 0.493 e. The molecular weight excluding hydrogens is 357 g/mol. The molecule has 0 fully saturated rings. The summed E-state index contributed by atoms with van der Waals surface area (Å²) in [5.74, 6) is -1.54. The summed E-state index contributed by atoms with van der Waals surface area (Å²) in [6, 6.07) is 8.70. The monoisotopic (exact) mass is 375 g/mol. The standard InChI is InChI=1S/C18H18FN3O5/c1-25-14-8-11(9-15(26-2)16(14)27-3)10-20-22-18(24)17(23)21-13-7-5-4-6-12(13)19/h4-10H,1-3H3,(H,21,23)(H,22,24)/b20-10+. The van der Waals surface area contributed by atoms with Gasteiger partial charge in [0.2, 0.25) is 5.75 Å². The van der Waals surface area contributed by atoms with E-state index in [1.165, 1.54) is 45.7 Å². The summed E-state index contributed by atoms with van der Waals surface area (Å²) in [4.78, 5) is 23.5. The Morgan fingerprint density at radius 3 is 2.19 bits per heavy atom. The molecule has 0 heterocycles. The highest BCUT2D eigenvalue weighted by molar-refractivity contribution is 6.39. The van der Waals surface area contributed by atoms with Crippen LogP contribution in [0.1, 0.15) is 5.56 Å². The number of carbonyl (C=O) groups excluding carboxylic acids is 2. The van der Waals surface area contributed by atoms with Gasteiger partial charge in [-0.2, -0.15) is 5.10 Å². The van der Waals surface area contributed by atoms with Gasteiger partial charge < -0.3 is 19.5 Å². The van der Waals surface area contributed by atoms with Gasteiger partial charge in [-0.15, -0.1) is 0 Å². The molecule has 2 rings (SSSR count). The number of methoxy groups -OCH3 is 3. The molecule has 0 spiro atoms. The molecule has 0 aliphatic rings. The molecule has 2 aromatic carbocycles. The summed E-state index contributed by atoms with van der Waals surface area (Å²) in [7, 11) is 4.41. The maximum absolute atomic E-state index is 13.5. The number of anilines is 1. The fraction of sp³-hybridized carbons (Fsp3) is 0.167. The summed E-state index contributed by atoms with van der Waals surface area (Å²) < 4.78 is 29.1. The lowest BCUT2D eigenvalue weighted by atomic mass is 10.2. The zero-order chi connectivity index (χ0) is 19.8. The molecule has 8 nitrogen and oxygen atoms in total. The Morgan fingerprint density at radius 2 is 1.63 bits per heavy atom. The maximum Gasteiger partial charge on any atom is 0.329 e. The van der Waals surface area contributed by atoms with Crippen molar-refractivity contribution >= 4 is 23.7 Å². The summed E-state index contributed by atoms with van der Waals surface area (Å²) in [5.41, 5.74) is 2.48. The number of ether oxygens (including phenoxy) is 3. The third kappa shape index (κ3) is 4.94. The lowest BCUT2D eigenvalue weighted by molar-refractivity contribution is -0.136. The second-order valence-electron chi connectivity index (χ2n) is 5.09. The van der Waals surface area contributed by atoms with Gasteiger partial charge in [-0.1, -0.05) is 12.1 Å². The summed E-state index contributed by atoms with van der Waals surface area (Å²) in [6.07, 6.45) is 1.29. The number of carbonyl (C=O) groups is 2. The summed E-state index contributed by atoms with van der Waals surface area (Å²) in [5, 5.41) is 5.86. The Bertz CT molecular complexity index is 845. The van der Waals surface area contributed by atoms with Crippen LogP contribution in [0.2, 0.25) is 0 Å². The minimum absolute atomic E-state index is 0.105. The molecule has 2 amide bonds. The Hall–Kier alpha value is -3.62. The van der Waals surface area contributed by atoms with E-state index in [0.717, 1.165) is 6.07 Å². The first-order valence-corrected chi connectivity index (χ1v) is 7.69. The Balaban J connectivity index is 2.05. The Morgan fingerprint density at radius 1 is 1.00 bits per heavy atom. The van der Waals surface area contributed by atoms with Gasteiger partial charge in [0.1, 0.15) is 5.82 Å². The van der Waals surface area contributed by atoms with Crippen LogP contribution in [0.3, 0.4) is 0 Å². The van der Waals surface area contributed by atoms with E-state index in [2.05, 4.69) is 15.8 Å². The molecule has 0 radical (unpaired) electrons. The van der Waals surface area contributed by atoms with Crippen molar-refractivity contribution in [3.05, 3.63) is 47.8 Å². The third-order valence-electron chi connectivity index (χ3n) is 3.40. The lowest BCUT2D eigenvalue weighted by Gasteiger charge is -2.12. The van der Waals surface area contributed by atoms with E-state index in [4.69, 9.17) is 14.2 Å². The predicted octanol–water partition coefficient (Wildman–Crippen LogP) is 1.94. The summed E-state index contributed by atoms with van der Waals surface area (Å²) >= 11 is 0. The van der Waals surface area contributed by atoms with Crippen LogP contribution in [0.15, 0.2) is 41.5 Å². The fourth-order valence-electron chi connectivity index (χ4n) is 2.13. The average molecular weight is 375 g/mol. The zero-order valence-corrected chi connectivity index (χ0v) is 14.9. The van der Waals surface area contributed by atoms with Crippen molar-refractivity contribution in [1.82, 2.24) is 5.43 Å². The molecule has 0 saturated heterocycles. The first-order valence-electron chi connectivity index (χ1n) is 7.69. The molecule has 142 valence electrons. The Kier molecular flexibility index (Phi) is 6.70. The van der Waals surface area contributed by atoms with Crippen LogP contribution in [-0.4, -0.2) is 39.4 Å². The summed E-state index contributed by atoms with van der Waals surface area (Å²) in [6.45, 7) is 0. The van der Waals surface area contributed by atoms with Gasteiger partial charge in [0.15, 0.2) is 11.5 Å². The molecule has 2 aromatic rings. The van der Waals surface area contributed by atoms with Gasteiger partial charge in [-0.25, -0.2) is 9.82 Å². The highest BCUT2D eigenvalue weighted by atomic mass is 19.1. The van der Waals surface area contributed by atoms with Crippen molar-refractivity contribution in [2.24, 2.45) is 5.10 Å². The van der Waals surface area contributed by atoms with Crippen molar-refractivity contribution in [2.75, 3.05) is 26.6 Å². The van der Waals surface area contributed by atoms with E-state index in [9.17, 15) is 14.0 Å². The van der Waals surface area contributed by atoms with Crippen LogP contribution in [0.25, 0.3) is 0 Å². The number of amides is 2. The quantitative estimate of drug-likeness (QED) is 0.457. The van der Waals surface area contributed by atoms with E-state index in [1.807, 2.05) is 0 Å². The van der Waals surface area contributed by atoms with Gasteiger partial charge in [-0.3, -0.25) is 9.59 Å². The number of benzene rings is 2. The van der Waals surface area contributed by atoms with Crippen LogP contribution in [0.4, 0.5) is 10.1 Å². The molecule has 0 saturated carbocycles. The minimum atomic E-state index is -1.05. The second-order valence-corrected chi connectivity index (χ2v) is 5.09. The molecule has 0 bridgehead atoms. The predicted molar refractivity (Wildman–Crippen MR) is 96.9 cm³/mol. The number of hydrogen-bond donors (Lipinski definition) is 2. The normalized spacial score (nSPS) is 10.4. The van der Waals surface area contributed by atoms with Gasteiger partial charge in [-0.05, 0) is 24.3 Å². The number of rotatable bonds is 6. The number of para-hydroxylation sites is 1. The highest BCUT2D eigenvalue weighted by Gasteiger charge is 2.15. The smallest absolute Gasteiger partial charge is 0.329 e. The molecule has 0 aliphatic carbocycles. The molecular formula is C18H18FN3O5. The SMILES string of the molecule is COc1cc(/C=N/NC(=O)C(=O)Nc2ccccc2F)cc(OC)c1OC. The van der Waals surface area contributed by atoms with E-state index in [-0.39, 0.29) is 5.69 Å². The van der Waals surface area contributed by atoms with Crippen LogP contribution in [0.5, 0.6) is 17.2 Å². The minimum Gasteiger partial charge on any atom is -0.493 e. The molecule has 9 heteroatoms. The van der Waals surface area contributed by atoms with E-state index < -0.39 is 17.6 Å². The van der Waals surface area contributed by atoms with E-state index in [0.29, 0.717) is 22.8 Å². The van der Waals surface area contributed by atoms with E-state index in [1.54, 1.807) is 12.1 Å². The molecule has 0 atom stereocenters. The molecule has 27 heavy (non-hydrogen) atoms. The van der Waals surface area contributed by atoms with Gasteiger partial charge >= 0.3 is 11.8 Å². The van der Waals surface area contributed by atoms with Crippen molar-refractivity contribution < 1.29 is 28.2 Å². The zero-order valence-electron chi connectivity index (χ0n) is 14.9. The van der Waals surface area contributed by atoms with Crippen molar-refractivity contribution in [2.45, 2.75) is 0 Å². The first kappa shape index (κ1) is 19.7. The maximum atomic E-state index is 13.5. The van der Waals surface area contributed by atoms with Crippen LogP contribution in [-0.2, 0) is 9.59 Å². The number of nitrogens with zero attached hydrogens (tertiary/aromatic N) is 1. The van der Waals surface area contributed by atoms with Crippen molar-refractivity contribution in [3.63, 3.8) is 0 Å². The topological polar surface area (TPSA) is 98.2 Å². The lowest BCUT2D eigenvalue weighted by Crippen LogP contribution is -2.32. The average Bonchev–Trinajstić information content (AvgIpc) is 2.68. The van der Waals surface area contributed by atoms with Gasteiger partial charge in [0.05, 0.1) is 33.2 Å². The second kappa shape index (κ2) is 9.18. The van der Waals surface area contributed by atoms with Crippen molar-refractivity contribution in [1.29, 1.82) is 0 Å². The third-order valence-corrected chi connectivity index (χ3v) is 3.40. The van der Waals surface area contributed by atoms with E-state index >= 15 is 0 Å². The number of hydrazone groups is 1. The highest BCUT2D eigenvalue weighted by Crippen LogP contribution is 2.37. The molecule has 2 N–H and O–H groups in total. The Labute approximate surface area is 154 Å². The molecule has 0 aromatic heterocycles. The van der Waals surface area contributed by atoms with Crippen LogP contribution in [0, 0.1) is 5.82 Å². The molecule has 0 aliphatic heterocycles. The van der Waals surface area contributed by atoms with Gasteiger partial charge in [0, 0.05) is 5.56 Å². The number of halogens is 1. The fourth-order valence-corrected chi connectivity index (χ4v) is 2.13. The van der Waals surface area contributed by atoms with Crippen LogP contribution < -0.4 is 25.0 Å². The molecule has 0 unspecified atom stereocenters. The van der Waals surface area contributed by atoms with Crippen LogP contribution >= 0.6 is 0 Å². The van der Waals surface area contributed by atoms with Crippen molar-refractivity contribution in [3.8, 4) is 17.2 Å². The van der Waals surface area contributed by atoms with Gasteiger partial charge in [0.25, 0.3) is 0 Å². The number of nitrogens with one attached hydrogen (secondary N) is 2. The number of hydrogen-bond acceptors (Lipinski definition) is 6.